The van der Waals surface area contributed by atoms with Crippen LogP contribution in [0.25, 0.3) is 272 Å². The van der Waals surface area contributed by atoms with Crippen LogP contribution in [0.4, 0.5) is 0 Å². The van der Waals surface area contributed by atoms with Crippen molar-refractivity contribution in [3.63, 3.8) is 0 Å². The van der Waals surface area contributed by atoms with Crippen molar-refractivity contribution >= 4 is 114 Å². The second-order valence-electron chi connectivity index (χ2n) is 36.9. The molecule has 0 unspecified atom stereocenters. The standard InChI is InChI=1S/2C47H30N4.C41H26N4/c1-4-14-31(15-5-1)32-24-26-35(27-25-32)46-48-45(34-18-8-3-9-19-34)49-47(50-46)36-28-29-38-40(30-36)37-20-10-12-22-41(37)51-42-23-13-11-21-39(42)43(44(38)51)33-16-6-2-7-17-33;1-4-14-31(15-5-1)32-24-26-35(27-25-32)46-48-45(34-18-8-3-9-19-34)49-47(50-46)36-28-29-42-40(30-36)37-20-10-11-21-38(37)44-43(33-16-6-2-7-17-33)39-22-12-13-23-41(39)51(42)44;1-4-14-27(15-5-1)37-34-26-30(41-43-39(28-16-6-2-7-17-28)42-40(44-41)29-18-8-3-9-19-29)24-25-36(34)45-35-23-13-12-21-32(35)31-20-10-11-22-33(31)38(37)45/h2*1-30H;1-26H. The van der Waals surface area contributed by atoms with Crippen LogP contribution in [0.15, 0.2) is 522 Å². The Morgan fingerprint density at radius 1 is 0.102 bits per heavy atom. The zero-order valence-corrected chi connectivity index (χ0v) is 79.5. The molecule has 29 rings (SSSR count). The summed E-state index contributed by atoms with van der Waals surface area (Å²) in [6, 6.07) is 183. The second kappa shape index (κ2) is 36.9. The van der Waals surface area contributed by atoms with Crippen molar-refractivity contribution in [2.24, 2.45) is 0 Å². The quantitative estimate of drug-likeness (QED) is 0.0977. The van der Waals surface area contributed by atoms with E-state index in [1.807, 2.05) is 121 Å². The molecule has 0 radical (unpaired) electrons. The summed E-state index contributed by atoms with van der Waals surface area (Å²) in [5.41, 5.74) is 31.1. The summed E-state index contributed by atoms with van der Waals surface area (Å²) in [5.74, 6) is 5.81. The molecule has 0 atom stereocenters. The van der Waals surface area contributed by atoms with Gasteiger partial charge in [0.15, 0.2) is 52.4 Å². The first kappa shape index (κ1) is 86.2. The number of pyridine rings is 3. The maximum absolute atomic E-state index is 5.12. The highest BCUT2D eigenvalue weighted by Gasteiger charge is 2.27. The molecule has 12 heteroatoms. The SMILES string of the molecule is c1ccc(-c2ccc(-c3nc(-c4ccccc4)nc(-c4ccc5c(c4)c4ccccc4c4c(-c6ccccc6)c6ccccc6n54)n3)cc2)cc1.c1ccc(-c2ccc(-c3nc(-c4ccccc4)nc(-c4ccc5c(c4)c4ccccc4n4c6ccccc6c(-c6ccccc6)c54)n3)cc2)cc1.c1ccc(-c2nc(-c3ccccc3)nc(-c3ccc4c(c3)c(-c3ccccc3)c3c5ccccc5c5ccccc5n43)n2)cc1. The van der Waals surface area contributed by atoms with E-state index in [9.17, 15) is 0 Å². The second-order valence-corrected chi connectivity index (χ2v) is 36.9. The van der Waals surface area contributed by atoms with Gasteiger partial charge in [-0.05, 0) is 122 Å². The van der Waals surface area contributed by atoms with Crippen molar-refractivity contribution < 1.29 is 0 Å². The first-order valence-corrected chi connectivity index (χ1v) is 49.6. The normalized spacial score (nSPS) is 11.5. The summed E-state index contributed by atoms with van der Waals surface area (Å²) in [7, 11) is 0. The van der Waals surface area contributed by atoms with Gasteiger partial charge in [-0.3, -0.25) is 0 Å². The summed E-state index contributed by atoms with van der Waals surface area (Å²) in [6.07, 6.45) is 0. The summed E-state index contributed by atoms with van der Waals surface area (Å²) >= 11 is 0. The molecule has 0 bridgehead atoms. The Hall–Kier alpha value is -20.0. The van der Waals surface area contributed by atoms with Crippen LogP contribution in [0.3, 0.4) is 0 Å². The number of rotatable bonds is 14. The van der Waals surface area contributed by atoms with Gasteiger partial charge < -0.3 is 13.2 Å². The minimum Gasteiger partial charge on any atom is -0.308 e. The molecule has 686 valence electrons. The number of benzene rings is 20. The maximum atomic E-state index is 5.12. The molecule has 0 aliphatic heterocycles. The fourth-order valence-electron chi connectivity index (χ4n) is 21.5. The predicted octanol–water partition coefficient (Wildman–Crippen LogP) is 34.1. The van der Waals surface area contributed by atoms with Gasteiger partial charge in [0.1, 0.15) is 0 Å². The average Bonchev–Trinajstić information content (AvgIpc) is 1.58. The van der Waals surface area contributed by atoms with Gasteiger partial charge in [-0.1, -0.05) is 455 Å². The highest BCUT2D eigenvalue weighted by atomic mass is 15.1. The Morgan fingerprint density at radius 3 is 0.605 bits per heavy atom. The van der Waals surface area contributed by atoms with Crippen molar-refractivity contribution in [2.45, 2.75) is 0 Å². The van der Waals surface area contributed by atoms with Gasteiger partial charge in [-0.15, -0.1) is 0 Å². The van der Waals surface area contributed by atoms with E-state index in [-0.39, 0.29) is 0 Å². The molecule has 0 aliphatic rings. The third-order valence-electron chi connectivity index (χ3n) is 28.3. The van der Waals surface area contributed by atoms with Crippen molar-refractivity contribution in [3.05, 3.63) is 522 Å². The molecule has 0 amide bonds. The molecule has 147 heavy (non-hydrogen) atoms. The molecule has 29 aromatic rings. The summed E-state index contributed by atoms with van der Waals surface area (Å²) in [6.45, 7) is 0. The van der Waals surface area contributed by atoms with E-state index < -0.39 is 0 Å². The first-order valence-electron chi connectivity index (χ1n) is 49.6. The van der Waals surface area contributed by atoms with Crippen LogP contribution in [0.2, 0.25) is 0 Å². The van der Waals surface area contributed by atoms with Crippen LogP contribution in [0.1, 0.15) is 0 Å². The molecule has 20 aromatic carbocycles. The van der Waals surface area contributed by atoms with Gasteiger partial charge in [-0.2, -0.15) is 0 Å². The topological polar surface area (TPSA) is 129 Å². The molecule has 12 nitrogen and oxygen atoms in total. The zero-order valence-electron chi connectivity index (χ0n) is 79.5. The monoisotopic (exact) mass is 1870 g/mol. The number of para-hydroxylation sites is 4. The Kier molecular flexibility index (Phi) is 21.6. The number of hydrogen-bond acceptors (Lipinski definition) is 9. The van der Waals surface area contributed by atoms with Gasteiger partial charge in [0.25, 0.3) is 0 Å². The minimum atomic E-state index is 0.638. The molecular weight excluding hydrogens is 1790 g/mol. The van der Waals surface area contributed by atoms with Gasteiger partial charge in [0.2, 0.25) is 0 Å². The molecule has 0 saturated carbocycles. The van der Waals surface area contributed by atoms with Gasteiger partial charge >= 0.3 is 0 Å². The summed E-state index contributed by atoms with van der Waals surface area (Å²) in [5, 5.41) is 14.4. The molecule has 0 saturated heterocycles. The molecule has 0 N–H and O–H groups in total. The fraction of sp³-hybridized carbons (Fsp3) is 0. The molecule has 0 spiro atoms. The van der Waals surface area contributed by atoms with E-state index in [2.05, 4.69) is 414 Å². The van der Waals surface area contributed by atoms with Crippen molar-refractivity contribution in [1.29, 1.82) is 0 Å². The van der Waals surface area contributed by atoms with Crippen LogP contribution < -0.4 is 0 Å². The molecule has 9 aromatic heterocycles. The van der Waals surface area contributed by atoms with E-state index in [1.54, 1.807) is 0 Å². The van der Waals surface area contributed by atoms with E-state index in [0.717, 1.165) is 93.9 Å². The third-order valence-corrected chi connectivity index (χ3v) is 28.3. The van der Waals surface area contributed by atoms with E-state index >= 15 is 0 Å². The number of hydrogen-bond donors (Lipinski definition) is 0. The van der Waals surface area contributed by atoms with Crippen molar-refractivity contribution in [3.8, 4) is 158 Å². The van der Waals surface area contributed by atoms with Gasteiger partial charge in [0.05, 0.1) is 49.7 Å². The fourth-order valence-corrected chi connectivity index (χ4v) is 21.5. The Morgan fingerprint density at radius 2 is 0.279 bits per heavy atom. The van der Waals surface area contributed by atoms with E-state index in [1.165, 1.54) is 126 Å². The maximum Gasteiger partial charge on any atom is 0.164 e. The smallest absolute Gasteiger partial charge is 0.164 e. The highest BCUT2D eigenvalue weighted by molar-refractivity contribution is 6.26. The van der Waals surface area contributed by atoms with Crippen LogP contribution in [-0.2, 0) is 0 Å². The van der Waals surface area contributed by atoms with Gasteiger partial charge in [0, 0.05) is 115 Å². The van der Waals surface area contributed by atoms with Crippen molar-refractivity contribution in [2.75, 3.05) is 0 Å². The summed E-state index contributed by atoms with van der Waals surface area (Å²) < 4.78 is 7.29. The lowest BCUT2D eigenvalue weighted by atomic mass is 9.97. The Bertz CT molecular complexity index is 10100. The molecule has 9 heterocycles. The minimum absolute atomic E-state index is 0.638. The Balaban J connectivity index is 0.000000109. The lowest BCUT2D eigenvalue weighted by Crippen LogP contribution is -2.00. The van der Waals surface area contributed by atoms with E-state index in [0.29, 0.717) is 52.4 Å². The predicted molar refractivity (Wildman–Crippen MR) is 606 cm³/mol. The number of aromatic nitrogens is 12. The van der Waals surface area contributed by atoms with Crippen LogP contribution >= 0.6 is 0 Å². The number of fused-ring (bicyclic) bond motifs is 24. The lowest BCUT2D eigenvalue weighted by Gasteiger charge is -2.13. The Labute approximate surface area is 846 Å². The molecular formula is C135H86N12. The first-order chi connectivity index (χ1) is 72.9. The number of nitrogens with zero attached hydrogens (tertiary/aromatic N) is 12. The molecule has 0 aliphatic carbocycles. The zero-order chi connectivity index (χ0) is 97.2. The lowest BCUT2D eigenvalue weighted by molar-refractivity contribution is 1.07. The average molecular weight is 1880 g/mol. The van der Waals surface area contributed by atoms with Crippen molar-refractivity contribution in [1.82, 2.24) is 58.1 Å². The van der Waals surface area contributed by atoms with E-state index in [4.69, 9.17) is 44.9 Å². The van der Waals surface area contributed by atoms with Crippen LogP contribution in [0, 0.1) is 0 Å². The van der Waals surface area contributed by atoms with Crippen LogP contribution in [0.5, 0.6) is 0 Å². The third kappa shape index (κ3) is 15.6. The van der Waals surface area contributed by atoms with Crippen LogP contribution in [-0.4, -0.2) is 58.1 Å². The highest BCUT2D eigenvalue weighted by Crippen LogP contribution is 2.49. The summed E-state index contributed by atoms with van der Waals surface area (Å²) in [4.78, 5) is 45.4. The molecule has 0 fully saturated rings. The van der Waals surface area contributed by atoms with Gasteiger partial charge in [-0.25, -0.2) is 44.9 Å². The largest absolute Gasteiger partial charge is 0.308 e.